The highest BCUT2D eigenvalue weighted by Crippen LogP contribution is 2.36. The molecule has 5 rings (SSSR count). The molecule has 0 spiro atoms. The smallest absolute Gasteiger partial charge is 0.419 e. The third-order valence-electron chi connectivity index (χ3n) is 7.56. The number of halogens is 2. The van der Waals surface area contributed by atoms with Crippen LogP contribution in [0.5, 0.6) is 0 Å². The summed E-state index contributed by atoms with van der Waals surface area (Å²) in [4.78, 5) is 33.1. The van der Waals surface area contributed by atoms with Gasteiger partial charge in [0.05, 0.1) is 0 Å². The van der Waals surface area contributed by atoms with E-state index in [0.29, 0.717) is 30.0 Å². The number of ether oxygens (including phenoxy) is 1. The first kappa shape index (κ1) is 23.7. The standard InChI is InChI=1S/C26H30F2N4O3/c1-16-24(19-7-10-21(27)22(28)12-19)32(26(34)35-16)25(33)30-13-17-14-31(15-17)20-8-5-18(6-9-20)23-4-2-3-11-29-23/h2-4,7,10-12,16-18,20,24H,5-6,8-9,13-15H2,1H3,(H,30,33). The van der Waals surface area contributed by atoms with Crippen molar-refractivity contribution in [2.24, 2.45) is 5.92 Å². The Balaban J connectivity index is 1.10. The van der Waals surface area contributed by atoms with Gasteiger partial charge in [-0.3, -0.25) is 9.88 Å². The lowest BCUT2D eigenvalue weighted by Gasteiger charge is -2.46. The number of benzene rings is 1. The topological polar surface area (TPSA) is 74.8 Å². The molecule has 9 heteroatoms. The summed E-state index contributed by atoms with van der Waals surface area (Å²) in [5.74, 6) is -1.17. The van der Waals surface area contributed by atoms with E-state index in [2.05, 4.69) is 21.3 Å². The van der Waals surface area contributed by atoms with Crippen molar-refractivity contribution in [1.29, 1.82) is 0 Å². The third-order valence-corrected chi connectivity index (χ3v) is 7.56. The van der Waals surface area contributed by atoms with Crippen LogP contribution in [0.2, 0.25) is 0 Å². The highest BCUT2D eigenvalue weighted by Gasteiger charge is 2.45. The van der Waals surface area contributed by atoms with Crippen molar-refractivity contribution in [1.82, 2.24) is 20.1 Å². The van der Waals surface area contributed by atoms with E-state index in [9.17, 15) is 18.4 Å². The zero-order valence-corrected chi connectivity index (χ0v) is 19.7. The molecular formula is C26H30F2N4O3. The van der Waals surface area contributed by atoms with E-state index >= 15 is 0 Å². The first-order valence-electron chi connectivity index (χ1n) is 12.3. The first-order chi connectivity index (χ1) is 16.9. The van der Waals surface area contributed by atoms with Crippen LogP contribution in [0.4, 0.5) is 18.4 Å². The van der Waals surface area contributed by atoms with Crippen LogP contribution < -0.4 is 5.32 Å². The molecule has 1 N–H and O–H groups in total. The summed E-state index contributed by atoms with van der Waals surface area (Å²) in [5, 5.41) is 2.84. The van der Waals surface area contributed by atoms with E-state index in [1.807, 2.05) is 18.3 Å². The minimum absolute atomic E-state index is 0.310. The summed E-state index contributed by atoms with van der Waals surface area (Å²) in [6.07, 6.45) is 4.98. The number of nitrogens with zero attached hydrogens (tertiary/aromatic N) is 3. The van der Waals surface area contributed by atoms with Crippen molar-refractivity contribution in [3.05, 3.63) is 65.5 Å². The average Bonchev–Trinajstić information content (AvgIpc) is 3.14. The second-order valence-electron chi connectivity index (χ2n) is 9.84. The normalized spacial score (nSPS) is 27.4. The molecule has 2 aromatic rings. The Morgan fingerprint density at radius 2 is 1.89 bits per heavy atom. The second-order valence-corrected chi connectivity index (χ2v) is 9.84. The molecular weight excluding hydrogens is 454 g/mol. The third kappa shape index (κ3) is 4.87. The average molecular weight is 485 g/mol. The maximum Gasteiger partial charge on any atom is 0.419 e. The maximum atomic E-state index is 13.8. The van der Waals surface area contributed by atoms with Crippen LogP contribution in [-0.4, -0.2) is 58.7 Å². The van der Waals surface area contributed by atoms with Gasteiger partial charge in [0.1, 0.15) is 12.1 Å². The Hall–Kier alpha value is -3.07. The van der Waals surface area contributed by atoms with Gasteiger partial charge < -0.3 is 10.1 Å². The van der Waals surface area contributed by atoms with E-state index in [1.54, 1.807) is 6.92 Å². The molecule has 2 atom stereocenters. The summed E-state index contributed by atoms with van der Waals surface area (Å²) in [6.45, 7) is 3.89. The minimum atomic E-state index is -1.03. The van der Waals surface area contributed by atoms with E-state index in [1.165, 1.54) is 11.8 Å². The number of likely N-dealkylation sites (tertiary alicyclic amines) is 1. The van der Waals surface area contributed by atoms with Gasteiger partial charge in [0, 0.05) is 49.4 Å². The molecule has 3 amide bonds. The van der Waals surface area contributed by atoms with Gasteiger partial charge in [0.15, 0.2) is 11.6 Å². The Morgan fingerprint density at radius 1 is 1.11 bits per heavy atom. The van der Waals surface area contributed by atoms with Gasteiger partial charge in [0.2, 0.25) is 0 Å². The second kappa shape index (κ2) is 9.89. The summed E-state index contributed by atoms with van der Waals surface area (Å²) in [6, 6.07) is 8.64. The Kier molecular flexibility index (Phi) is 6.69. The molecule has 2 unspecified atom stereocenters. The van der Waals surface area contributed by atoms with E-state index in [-0.39, 0.29) is 0 Å². The van der Waals surface area contributed by atoms with Crippen molar-refractivity contribution in [3.63, 3.8) is 0 Å². The molecule has 1 saturated carbocycles. The summed E-state index contributed by atoms with van der Waals surface area (Å²) in [7, 11) is 0. The van der Waals surface area contributed by atoms with Crippen LogP contribution in [0.1, 0.15) is 55.8 Å². The molecule has 0 bridgehead atoms. The highest BCUT2D eigenvalue weighted by atomic mass is 19.2. The molecule has 0 radical (unpaired) electrons. The zero-order valence-electron chi connectivity index (χ0n) is 19.7. The van der Waals surface area contributed by atoms with Gasteiger partial charge >= 0.3 is 12.1 Å². The largest absolute Gasteiger partial charge is 0.443 e. The Bertz CT molecular complexity index is 1070. The van der Waals surface area contributed by atoms with Crippen molar-refractivity contribution in [2.75, 3.05) is 19.6 Å². The minimum Gasteiger partial charge on any atom is -0.443 e. The van der Waals surface area contributed by atoms with Gasteiger partial charge in [-0.1, -0.05) is 12.1 Å². The van der Waals surface area contributed by atoms with Crippen LogP contribution in [0.3, 0.4) is 0 Å². The van der Waals surface area contributed by atoms with Crippen LogP contribution in [0.15, 0.2) is 42.6 Å². The predicted octanol–water partition coefficient (Wildman–Crippen LogP) is 4.61. The van der Waals surface area contributed by atoms with Crippen LogP contribution in [0, 0.1) is 17.6 Å². The number of amides is 3. The number of hydrogen-bond acceptors (Lipinski definition) is 5. The van der Waals surface area contributed by atoms with Crippen molar-refractivity contribution in [2.45, 2.75) is 56.7 Å². The number of aromatic nitrogens is 1. The number of pyridine rings is 1. The fourth-order valence-electron chi connectivity index (χ4n) is 5.64. The van der Waals surface area contributed by atoms with E-state index < -0.39 is 35.9 Å². The molecule has 2 aliphatic heterocycles. The molecule has 3 heterocycles. The fourth-order valence-corrected chi connectivity index (χ4v) is 5.64. The number of carbonyl (C=O) groups is 2. The van der Waals surface area contributed by atoms with Crippen LogP contribution in [-0.2, 0) is 4.74 Å². The number of hydrogen-bond donors (Lipinski definition) is 1. The zero-order chi connectivity index (χ0) is 24.5. The number of cyclic esters (lactones) is 1. The monoisotopic (exact) mass is 484 g/mol. The van der Waals surface area contributed by atoms with Crippen molar-refractivity contribution >= 4 is 12.1 Å². The molecule has 1 aliphatic carbocycles. The first-order valence-corrected chi connectivity index (χ1v) is 12.3. The number of nitrogens with one attached hydrogen (secondary N) is 1. The lowest BCUT2D eigenvalue weighted by molar-refractivity contribution is 0.0333. The lowest BCUT2D eigenvalue weighted by Crippen LogP contribution is -2.56. The molecule has 7 nitrogen and oxygen atoms in total. The molecule has 3 fully saturated rings. The summed E-state index contributed by atoms with van der Waals surface area (Å²) >= 11 is 0. The number of carbonyl (C=O) groups excluding carboxylic acids is 2. The number of imide groups is 1. The number of urea groups is 1. The molecule has 35 heavy (non-hydrogen) atoms. The van der Waals surface area contributed by atoms with Crippen molar-refractivity contribution < 1.29 is 23.1 Å². The number of rotatable bonds is 5. The highest BCUT2D eigenvalue weighted by molar-refractivity contribution is 5.93. The molecule has 3 aliphatic rings. The quantitative estimate of drug-likeness (QED) is 0.671. The molecule has 2 saturated heterocycles. The SMILES string of the molecule is CC1OC(=O)N(C(=O)NCC2CN(C3CCC(c4ccccn4)CC3)C2)C1c1ccc(F)c(F)c1. The van der Waals surface area contributed by atoms with Crippen LogP contribution in [0.25, 0.3) is 0 Å². The van der Waals surface area contributed by atoms with Gasteiger partial charge in [-0.05, 0) is 62.4 Å². The Labute approximate surface area is 203 Å². The molecule has 1 aromatic heterocycles. The van der Waals surface area contributed by atoms with Gasteiger partial charge in [-0.25, -0.2) is 23.3 Å². The van der Waals surface area contributed by atoms with Gasteiger partial charge in [-0.2, -0.15) is 0 Å². The predicted molar refractivity (Wildman–Crippen MR) is 125 cm³/mol. The summed E-state index contributed by atoms with van der Waals surface area (Å²) in [5.41, 5.74) is 1.50. The molecule has 186 valence electrons. The van der Waals surface area contributed by atoms with E-state index in [0.717, 1.165) is 55.8 Å². The Morgan fingerprint density at radius 3 is 2.57 bits per heavy atom. The van der Waals surface area contributed by atoms with Crippen LogP contribution >= 0.6 is 0 Å². The summed E-state index contributed by atoms with van der Waals surface area (Å²) < 4.78 is 32.3. The van der Waals surface area contributed by atoms with Crippen molar-refractivity contribution in [3.8, 4) is 0 Å². The maximum absolute atomic E-state index is 13.8. The fraction of sp³-hybridized carbons (Fsp3) is 0.500. The van der Waals surface area contributed by atoms with Gasteiger partial charge in [0.25, 0.3) is 0 Å². The van der Waals surface area contributed by atoms with E-state index in [4.69, 9.17) is 4.74 Å². The van der Waals surface area contributed by atoms with Gasteiger partial charge in [-0.15, -0.1) is 0 Å². The molecule has 1 aromatic carbocycles. The lowest BCUT2D eigenvalue weighted by atomic mass is 9.81.